The van der Waals surface area contributed by atoms with Crippen molar-refractivity contribution in [1.82, 2.24) is 24.6 Å². The zero-order chi connectivity index (χ0) is 20.1. The fourth-order valence-corrected chi connectivity index (χ4v) is 4.87. The third kappa shape index (κ3) is 4.17. The first kappa shape index (κ1) is 19.6. The van der Waals surface area contributed by atoms with Gasteiger partial charge < -0.3 is 10.2 Å². The van der Waals surface area contributed by atoms with E-state index < -0.39 is 0 Å². The minimum atomic E-state index is -0.135. The van der Waals surface area contributed by atoms with Crippen LogP contribution in [0.1, 0.15) is 36.9 Å². The average molecular weight is 411 g/mol. The van der Waals surface area contributed by atoms with Crippen molar-refractivity contribution in [3.8, 4) is 0 Å². The zero-order valence-corrected chi connectivity index (χ0v) is 17.4. The average Bonchev–Trinajstić information content (AvgIpc) is 3.47. The van der Waals surface area contributed by atoms with Crippen LogP contribution in [0.3, 0.4) is 0 Å². The Morgan fingerprint density at radius 2 is 2.03 bits per heavy atom. The van der Waals surface area contributed by atoms with E-state index in [9.17, 15) is 4.79 Å². The van der Waals surface area contributed by atoms with Crippen molar-refractivity contribution < 1.29 is 4.79 Å². The Kier molecular flexibility index (Phi) is 5.89. The first-order valence-electron chi connectivity index (χ1n) is 10.0. The van der Waals surface area contributed by atoms with Crippen molar-refractivity contribution in [2.45, 2.75) is 37.6 Å². The van der Waals surface area contributed by atoms with Crippen LogP contribution in [0.15, 0.2) is 48.4 Å². The van der Waals surface area contributed by atoms with E-state index in [1.165, 1.54) is 11.9 Å². The van der Waals surface area contributed by atoms with Crippen LogP contribution in [0.2, 0.25) is 0 Å². The number of rotatable bonds is 7. The minimum absolute atomic E-state index is 0.135. The van der Waals surface area contributed by atoms with Crippen molar-refractivity contribution in [2.24, 2.45) is 0 Å². The van der Waals surface area contributed by atoms with Gasteiger partial charge in [0.25, 0.3) is 0 Å². The molecular weight excluding hydrogens is 384 g/mol. The standard InChI is InChI=1S/C21H26N6OS/c1-22-20-25-18(14-29-20)21(17-6-3-2-4-7-17)9-12-26(13-10-21)19(28)8-5-11-27-16-23-15-24-27/h2-4,6-7,14-16H,5,8-13H2,1H3,(H,22,25). The third-order valence-electron chi connectivity index (χ3n) is 5.75. The molecule has 0 unspecified atom stereocenters. The lowest BCUT2D eigenvalue weighted by Gasteiger charge is -2.41. The molecule has 1 saturated heterocycles. The van der Waals surface area contributed by atoms with Gasteiger partial charge >= 0.3 is 0 Å². The first-order chi connectivity index (χ1) is 14.2. The second-order valence-corrected chi connectivity index (χ2v) is 8.24. The molecule has 2 aromatic heterocycles. The third-order valence-corrected chi connectivity index (χ3v) is 6.61. The molecule has 1 aromatic carbocycles. The van der Waals surface area contributed by atoms with Crippen LogP contribution in [-0.4, -0.2) is 50.7 Å². The lowest BCUT2D eigenvalue weighted by atomic mass is 9.70. The summed E-state index contributed by atoms with van der Waals surface area (Å²) in [4.78, 5) is 23.5. The topological polar surface area (TPSA) is 75.9 Å². The Labute approximate surface area is 174 Å². The van der Waals surface area contributed by atoms with Crippen LogP contribution in [0.25, 0.3) is 0 Å². The monoisotopic (exact) mass is 410 g/mol. The highest BCUT2D eigenvalue weighted by molar-refractivity contribution is 7.13. The van der Waals surface area contributed by atoms with Gasteiger partial charge in [-0.25, -0.2) is 9.97 Å². The fraction of sp³-hybridized carbons (Fsp3) is 0.429. The van der Waals surface area contributed by atoms with E-state index in [1.54, 1.807) is 22.3 Å². The normalized spacial score (nSPS) is 16.0. The molecule has 0 spiro atoms. The Balaban J connectivity index is 1.44. The van der Waals surface area contributed by atoms with Crippen LogP contribution in [-0.2, 0) is 16.8 Å². The molecular formula is C21H26N6OS. The molecule has 0 aliphatic carbocycles. The summed E-state index contributed by atoms with van der Waals surface area (Å²) in [7, 11) is 1.90. The van der Waals surface area contributed by atoms with E-state index in [0.717, 1.165) is 49.7 Å². The van der Waals surface area contributed by atoms with Gasteiger partial charge in [0.1, 0.15) is 12.7 Å². The molecule has 29 heavy (non-hydrogen) atoms. The number of carbonyl (C=O) groups excluding carboxylic acids is 1. The number of piperidine rings is 1. The Morgan fingerprint density at radius 1 is 1.24 bits per heavy atom. The number of likely N-dealkylation sites (tertiary alicyclic amines) is 1. The molecule has 3 aromatic rings. The summed E-state index contributed by atoms with van der Waals surface area (Å²) < 4.78 is 1.77. The summed E-state index contributed by atoms with van der Waals surface area (Å²) in [5.41, 5.74) is 2.26. The Hall–Kier alpha value is -2.74. The Morgan fingerprint density at radius 3 is 2.69 bits per heavy atom. The van der Waals surface area contributed by atoms with Crippen molar-refractivity contribution in [3.63, 3.8) is 0 Å². The molecule has 0 saturated carbocycles. The maximum absolute atomic E-state index is 12.7. The molecule has 1 fully saturated rings. The van der Waals surface area contributed by atoms with Gasteiger partial charge in [-0.3, -0.25) is 9.48 Å². The molecule has 152 valence electrons. The predicted molar refractivity (Wildman–Crippen MR) is 114 cm³/mol. The van der Waals surface area contributed by atoms with Gasteiger partial charge in [0.2, 0.25) is 5.91 Å². The molecule has 3 heterocycles. The molecule has 0 bridgehead atoms. The largest absolute Gasteiger partial charge is 0.365 e. The van der Waals surface area contributed by atoms with Gasteiger partial charge in [-0.2, -0.15) is 5.10 Å². The number of aromatic nitrogens is 4. The number of hydrogen-bond acceptors (Lipinski definition) is 6. The summed E-state index contributed by atoms with van der Waals surface area (Å²) in [5.74, 6) is 0.223. The van der Waals surface area contributed by atoms with Crippen molar-refractivity contribution >= 4 is 22.4 Å². The van der Waals surface area contributed by atoms with Gasteiger partial charge in [0.05, 0.1) is 5.69 Å². The van der Waals surface area contributed by atoms with Crippen LogP contribution in [0.4, 0.5) is 5.13 Å². The molecule has 1 N–H and O–H groups in total. The van der Waals surface area contributed by atoms with Crippen molar-refractivity contribution in [1.29, 1.82) is 0 Å². The molecule has 1 aliphatic heterocycles. The van der Waals surface area contributed by atoms with Gasteiger partial charge in [0.15, 0.2) is 5.13 Å². The maximum Gasteiger partial charge on any atom is 0.222 e. The van der Waals surface area contributed by atoms with Crippen molar-refractivity contribution in [3.05, 3.63) is 59.6 Å². The highest BCUT2D eigenvalue weighted by Crippen LogP contribution is 2.42. The molecule has 7 nitrogen and oxygen atoms in total. The number of nitrogens with zero attached hydrogens (tertiary/aromatic N) is 5. The second kappa shape index (κ2) is 8.73. The van der Waals surface area contributed by atoms with Crippen LogP contribution >= 0.6 is 11.3 Å². The number of benzene rings is 1. The van der Waals surface area contributed by atoms with Crippen LogP contribution < -0.4 is 5.32 Å². The second-order valence-electron chi connectivity index (χ2n) is 7.38. The van der Waals surface area contributed by atoms with E-state index >= 15 is 0 Å². The number of amides is 1. The fourth-order valence-electron chi connectivity index (χ4n) is 4.09. The van der Waals surface area contributed by atoms with E-state index in [-0.39, 0.29) is 11.3 Å². The molecule has 8 heteroatoms. The number of hydrogen-bond donors (Lipinski definition) is 1. The van der Waals surface area contributed by atoms with Gasteiger partial charge in [-0.1, -0.05) is 30.3 Å². The predicted octanol–water partition coefficient (Wildman–Crippen LogP) is 3.17. The van der Waals surface area contributed by atoms with Gasteiger partial charge in [-0.05, 0) is 24.8 Å². The number of carbonyl (C=O) groups is 1. The van der Waals surface area contributed by atoms with Gasteiger partial charge in [-0.15, -0.1) is 11.3 Å². The summed E-state index contributed by atoms with van der Waals surface area (Å²) >= 11 is 1.64. The number of anilines is 1. The smallest absolute Gasteiger partial charge is 0.222 e. The van der Waals surface area contributed by atoms with Crippen LogP contribution in [0, 0.1) is 0 Å². The van der Waals surface area contributed by atoms with E-state index in [1.807, 2.05) is 18.0 Å². The maximum atomic E-state index is 12.7. The quantitative estimate of drug-likeness (QED) is 0.647. The Bertz CT molecular complexity index is 916. The molecule has 4 rings (SSSR count). The molecule has 0 radical (unpaired) electrons. The lowest BCUT2D eigenvalue weighted by Crippen LogP contribution is -2.46. The number of aryl methyl sites for hydroxylation is 1. The minimum Gasteiger partial charge on any atom is -0.365 e. The zero-order valence-electron chi connectivity index (χ0n) is 16.6. The number of thiazole rings is 1. The van der Waals surface area contributed by atoms with Crippen molar-refractivity contribution in [2.75, 3.05) is 25.5 Å². The summed E-state index contributed by atoms with van der Waals surface area (Å²) in [5, 5.41) is 10.3. The highest BCUT2D eigenvalue weighted by Gasteiger charge is 2.40. The first-order valence-corrected chi connectivity index (χ1v) is 10.9. The summed E-state index contributed by atoms with van der Waals surface area (Å²) in [6.45, 7) is 2.23. The van der Waals surface area contributed by atoms with E-state index in [2.05, 4.69) is 45.0 Å². The van der Waals surface area contributed by atoms with Gasteiger partial charge in [0, 0.05) is 43.9 Å². The summed E-state index contributed by atoms with van der Waals surface area (Å²) in [6.07, 6.45) is 6.30. The van der Waals surface area contributed by atoms with Crippen LogP contribution in [0.5, 0.6) is 0 Å². The molecule has 1 aliphatic rings. The van der Waals surface area contributed by atoms with E-state index in [4.69, 9.17) is 4.98 Å². The van der Waals surface area contributed by atoms with E-state index in [0.29, 0.717) is 6.42 Å². The molecule has 1 amide bonds. The number of nitrogens with one attached hydrogen (secondary N) is 1. The lowest BCUT2D eigenvalue weighted by molar-refractivity contribution is -0.132. The SMILES string of the molecule is CNc1nc(C2(c3ccccc3)CCN(C(=O)CCCn3cncn3)CC2)cs1. The molecule has 0 atom stereocenters. The summed E-state index contributed by atoms with van der Waals surface area (Å²) in [6, 6.07) is 10.6. The highest BCUT2D eigenvalue weighted by atomic mass is 32.1.